The van der Waals surface area contributed by atoms with Crippen molar-refractivity contribution in [2.24, 2.45) is 11.8 Å². The molecule has 0 aromatic heterocycles. The van der Waals surface area contributed by atoms with Crippen LogP contribution >= 0.6 is 0 Å². The number of hydrogen-bond donors (Lipinski definition) is 2. The van der Waals surface area contributed by atoms with Crippen molar-refractivity contribution in [1.29, 1.82) is 0 Å². The lowest BCUT2D eigenvalue weighted by atomic mass is 10.2. The van der Waals surface area contributed by atoms with Crippen molar-refractivity contribution in [2.75, 3.05) is 6.54 Å². The molecule has 1 saturated carbocycles. The minimum atomic E-state index is -0.894. The second kappa shape index (κ2) is 5.94. The molecule has 0 aliphatic heterocycles. The van der Waals surface area contributed by atoms with E-state index in [2.05, 4.69) is 5.32 Å². The van der Waals surface area contributed by atoms with Crippen molar-refractivity contribution < 1.29 is 19.4 Å². The summed E-state index contributed by atoms with van der Waals surface area (Å²) >= 11 is 0. The van der Waals surface area contributed by atoms with Crippen molar-refractivity contribution >= 4 is 11.9 Å². The number of carboxylic acid groups (broad SMARTS) is 1. The summed E-state index contributed by atoms with van der Waals surface area (Å²) in [5.41, 5.74) is 1.04. The molecule has 108 valence electrons. The average molecular weight is 277 g/mol. The van der Waals surface area contributed by atoms with Gasteiger partial charge in [-0.3, -0.25) is 9.59 Å². The van der Waals surface area contributed by atoms with E-state index in [-0.39, 0.29) is 17.9 Å². The molecule has 1 fully saturated rings. The third kappa shape index (κ3) is 3.50. The fourth-order valence-corrected chi connectivity index (χ4v) is 2.08. The molecule has 3 unspecified atom stereocenters. The zero-order valence-corrected chi connectivity index (χ0v) is 11.6. The molecule has 5 heteroatoms. The predicted octanol–water partition coefficient (Wildman–Crippen LogP) is 1.60. The van der Waals surface area contributed by atoms with Gasteiger partial charge >= 0.3 is 5.97 Å². The second-order valence-corrected chi connectivity index (χ2v) is 5.23. The summed E-state index contributed by atoms with van der Waals surface area (Å²) in [5, 5.41) is 11.5. The topological polar surface area (TPSA) is 75.6 Å². The Morgan fingerprint density at radius 1 is 1.40 bits per heavy atom. The van der Waals surface area contributed by atoms with Crippen molar-refractivity contribution in [3.8, 4) is 5.75 Å². The number of aliphatic carboxylic acids is 1. The van der Waals surface area contributed by atoms with E-state index >= 15 is 0 Å². The number of rotatable bonds is 6. The van der Waals surface area contributed by atoms with Crippen molar-refractivity contribution in [2.45, 2.75) is 26.4 Å². The van der Waals surface area contributed by atoms with Gasteiger partial charge in [-0.1, -0.05) is 18.2 Å². The normalized spacial score (nSPS) is 21.9. The Morgan fingerprint density at radius 2 is 2.10 bits per heavy atom. The number of aryl methyl sites for hydroxylation is 1. The van der Waals surface area contributed by atoms with E-state index in [1.807, 2.05) is 38.1 Å². The number of carbonyl (C=O) groups is 2. The molecular formula is C15H19NO4. The first-order valence-corrected chi connectivity index (χ1v) is 6.72. The average Bonchev–Trinajstić information content (AvgIpc) is 3.19. The van der Waals surface area contributed by atoms with Crippen LogP contribution < -0.4 is 10.1 Å². The summed E-state index contributed by atoms with van der Waals surface area (Å²) < 4.78 is 5.74. The van der Waals surface area contributed by atoms with Gasteiger partial charge in [-0.05, 0) is 31.9 Å². The minimum Gasteiger partial charge on any atom is -0.489 e. The molecule has 1 aromatic carbocycles. The highest BCUT2D eigenvalue weighted by molar-refractivity contribution is 5.89. The van der Waals surface area contributed by atoms with Crippen LogP contribution in [0.1, 0.15) is 18.9 Å². The Hall–Kier alpha value is -2.04. The van der Waals surface area contributed by atoms with Crippen molar-refractivity contribution in [1.82, 2.24) is 5.32 Å². The van der Waals surface area contributed by atoms with Crippen LogP contribution in [0.4, 0.5) is 0 Å². The fraction of sp³-hybridized carbons (Fsp3) is 0.467. The van der Waals surface area contributed by atoms with Gasteiger partial charge in [-0.2, -0.15) is 0 Å². The number of carboxylic acids is 1. The summed E-state index contributed by atoms with van der Waals surface area (Å²) in [6, 6.07) is 7.68. The first-order valence-electron chi connectivity index (χ1n) is 6.72. The molecule has 1 aliphatic carbocycles. The van der Waals surface area contributed by atoms with Crippen LogP contribution in [0.25, 0.3) is 0 Å². The lowest BCUT2D eigenvalue weighted by Crippen LogP contribution is -2.35. The molecule has 1 amide bonds. The summed E-state index contributed by atoms with van der Waals surface area (Å²) in [4.78, 5) is 22.4. The van der Waals surface area contributed by atoms with Crippen LogP contribution in [0.2, 0.25) is 0 Å². The highest BCUT2D eigenvalue weighted by Crippen LogP contribution is 2.38. The molecule has 0 bridgehead atoms. The van der Waals surface area contributed by atoms with Gasteiger partial charge in [0.2, 0.25) is 5.91 Å². The van der Waals surface area contributed by atoms with E-state index in [0.717, 1.165) is 11.3 Å². The molecule has 0 heterocycles. The number of benzene rings is 1. The Kier molecular flexibility index (Phi) is 4.27. The van der Waals surface area contributed by atoms with Gasteiger partial charge in [0.25, 0.3) is 0 Å². The van der Waals surface area contributed by atoms with Crippen molar-refractivity contribution in [3.05, 3.63) is 29.8 Å². The molecule has 1 aliphatic rings. The zero-order valence-electron chi connectivity index (χ0n) is 11.6. The number of para-hydroxylation sites is 1. The van der Waals surface area contributed by atoms with Gasteiger partial charge in [-0.25, -0.2) is 0 Å². The second-order valence-electron chi connectivity index (χ2n) is 5.23. The zero-order chi connectivity index (χ0) is 14.7. The lowest BCUT2D eigenvalue weighted by Gasteiger charge is -2.16. The smallest absolute Gasteiger partial charge is 0.307 e. The first kappa shape index (κ1) is 14.4. The van der Waals surface area contributed by atoms with E-state index in [4.69, 9.17) is 9.84 Å². The summed E-state index contributed by atoms with van der Waals surface area (Å²) in [6.45, 7) is 4.20. The van der Waals surface area contributed by atoms with Gasteiger partial charge in [0, 0.05) is 0 Å². The Bertz CT molecular complexity index is 514. The van der Waals surface area contributed by atoms with Crippen LogP contribution in [-0.2, 0) is 9.59 Å². The standard InChI is InChI=1S/C15H19NO4/c1-9-5-3-4-6-13(9)20-10(2)8-16-14(17)11-7-12(11)15(18)19/h3-6,10-12H,7-8H2,1-2H3,(H,16,17)(H,18,19). The van der Waals surface area contributed by atoms with Gasteiger partial charge in [0.15, 0.2) is 0 Å². The maximum absolute atomic E-state index is 11.7. The SMILES string of the molecule is Cc1ccccc1OC(C)CNC(=O)C1CC1C(=O)O. The summed E-state index contributed by atoms with van der Waals surface area (Å²) in [5.74, 6) is -1.18. The quantitative estimate of drug-likeness (QED) is 0.828. The van der Waals surface area contributed by atoms with Crippen LogP contribution in [0, 0.1) is 18.8 Å². The number of amides is 1. The molecule has 0 radical (unpaired) electrons. The monoisotopic (exact) mass is 277 g/mol. The maximum Gasteiger partial charge on any atom is 0.307 e. The van der Waals surface area contributed by atoms with Gasteiger partial charge in [0.05, 0.1) is 18.4 Å². The lowest BCUT2D eigenvalue weighted by molar-refractivity contribution is -0.140. The van der Waals surface area contributed by atoms with E-state index in [0.29, 0.717) is 13.0 Å². The Balaban J connectivity index is 1.76. The van der Waals surface area contributed by atoms with Crippen LogP contribution in [-0.4, -0.2) is 29.6 Å². The van der Waals surface area contributed by atoms with Crippen molar-refractivity contribution in [3.63, 3.8) is 0 Å². The molecule has 0 spiro atoms. The Morgan fingerprint density at radius 3 is 2.70 bits per heavy atom. The molecule has 0 saturated heterocycles. The van der Waals surface area contributed by atoms with E-state index < -0.39 is 11.9 Å². The summed E-state index contributed by atoms with van der Waals surface area (Å²) in [6.07, 6.45) is 0.274. The highest BCUT2D eigenvalue weighted by atomic mass is 16.5. The molecule has 2 rings (SSSR count). The molecule has 20 heavy (non-hydrogen) atoms. The molecular weight excluding hydrogens is 258 g/mol. The van der Waals surface area contributed by atoms with Crippen LogP contribution in [0.5, 0.6) is 5.75 Å². The number of hydrogen-bond acceptors (Lipinski definition) is 3. The number of ether oxygens (including phenoxy) is 1. The Labute approximate surface area is 117 Å². The maximum atomic E-state index is 11.7. The number of carbonyl (C=O) groups excluding carboxylic acids is 1. The molecule has 2 N–H and O–H groups in total. The largest absolute Gasteiger partial charge is 0.489 e. The molecule has 1 aromatic rings. The van der Waals surface area contributed by atoms with Crippen LogP contribution in [0.3, 0.4) is 0 Å². The van der Waals surface area contributed by atoms with Gasteiger partial charge < -0.3 is 15.2 Å². The molecule has 3 atom stereocenters. The highest BCUT2D eigenvalue weighted by Gasteiger charge is 2.48. The van der Waals surface area contributed by atoms with E-state index in [1.54, 1.807) is 0 Å². The first-order chi connectivity index (χ1) is 9.49. The third-order valence-electron chi connectivity index (χ3n) is 3.43. The van der Waals surface area contributed by atoms with E-state index in [1.165, 1.54) is 0 Å². The van der Waals surface area contributed by atoms with E-state index in [9.17, 15) is 9.59 Å². The fourth-order valence-electron chi connectivity index (χ4n) is 2.08. The summed E-state index contributed by atoms with van der Waals surface area (Å²) in [7, 11) is 0. The third-order valence-corrected chi connectivity index (χ3v) is 3.43. The molecule has 5 nitrogen and oxygen atoms in total. The van der Waals surface area contributed by atoms with Gasteiger partial charge in [0.1, 0.15) is 11.9 Å². The predicted molar refractivity (Wildman–Crippen MR) is 73.5 cm³/mol. The van der Waals surface area contributed by atoms with Crippen LogP contribution in [0.15, 0.2) is 24.3 Å². The minimum absolute atomic E-state index is 0.165. The van der Waals surface area contributed by atoms with Gasteiger partial charge in [-0.15, -0.1) is 0 Å². The number of nitrogens with one attached hydrogen (secondary N) is 1.